The van der Waals surface area contributed by atoms with Crippen molar-refractivity contribution in [2.75, 3.05) is 12.4 Å². The van der Waals surface area contributed by atoms with Crippen LogP contribution in [-0.2, 0) is 0 Å². The van der Waals surface area contributed by atoms with Gasteiger partial charge in [-0.3, -0.25) is 4.79 Å². The summed E-state index contributed by atoms with van der Waals surface area (Å²) < 4.78 is 0. The molecule has 0 saturated carbocycles. The summed E-state index contributed by atoms with van der Waals surface area (Å²) in [6.45, 7) is 2.16. The first-order chi connectivity index (χ1) is 7.65. The Kier molecular flexibility index (Phi) is 5.88. The van der Waals surface area contributed by atoms with Crippen molar-refractivity contribution in [3.63, 3.8) is 0 Å². The second-order valence-corrected chi connectivity index (χ2v) is 5.37. The Morgan fingerprint density at radius 1 is 1.50 bits per heavy atom. The van der Waals surface area contributed by atoms with Gasteiger partial charge in [0.15, 0.2) is 5.78 Å². The lowest BCUT2D eigenvalue weighted by Gasteiger charge is -2.09. The summed E-state index contributed by atoms with van der Waals surface area (Å²) in [5.41, 5.74) is 0.577. The molecule has 0 saturated heterocycles. The molecule has 88 valence electrons. The number of benzene rings is 1. The second kappa shape index (κ2) is 6.94. The number of aliphatic hydroxyl groups excluding tert-OH is 1. The fourth-order valence-electron chi connectivity index (χ4n) is 1.25. The average Bonchev–Trinajstić information content (AvgIpc) is 2.27. The smallest absolute Gasteiger partial charge is 0.174 e. The third kappa shape index (κ3) is 4.16. The van der Waals surface area contributed by atoms with Gasteiger partial charge in [-0.1, -0.05) is 30.7 Å². The summed E-state index contributed by atoms with van der Waals surface area (Å²) in [4.78, 5) is 11.8. The van der Waals surface area contributed by atoms with Gasteiger partial charge in [0.1, 0.15) is 0 Å². The van der Waals surface area contributed by atoms with Crippen LogP contribution in [0.25, 0.3) is 0 Å². The van der Waals surface area contributed by atoms with Crippen LogP contribution in [0.2, 0.25) is 5.02 Å². The third-order valence-corrected chi connectivity index (χ3v) is 3.77. The van der Waals surface area contributed by atoms with E-state index in [-0.39, 0.29) is 17.6 Å². The van der Waals surface area contributed by atoms with Crippen molar-refractivity contribution in [3.05, 3.63) is 34.9 Å². The number of thioether (sulfide) groups is 1. The SMILES string of the molecule is CC(CCO)SCC(=O)c1ccccc1Cl. The monoisotopic (exact) mass is 258 g/mol. The van der Waals surface area contributed by atoms with E-state index < -0.39 is 0 Å². The molecule has 1 unspecified atom stereocenters. The third-order valence-electron chi connectivity index (χ3n) is 2.21. The maximum Gasteiger partial charge on any atom is 0.174 e. The lowest BCUT2D eigenvalue weighted by molar-refractivity contribution is 0.102. The molecular formula is C12H15ClO2S. The Balaban J connectivity index is 2.50. The van der Waals surface area contributed by atoms with Gasteiger partial charge in [0, 0.05) is 17.4 Å². The van der Waals surface area contributed by atoms with Crippen LogP contribution < -0.4 is 0 Å². The Hall–Kier alpha value is -0.510. The Morgan fingerprint density at radius 3 is 2.81 bits per heavy atom. The molecule has 0 aliphatic heterocycles. The van der Waals surface area contributed by atoms with Crippen LogP contribution in [0.15, 0.2) is 24.3 Å². The van der Waals surface area contributed by atoms with Crippen LogP contribution in [0, 0.1) is 0 Å². The summed E-state index contributed by atoms with van der Waals surface area (Å²) in [5.74, 6) is 0.450. The number of ketones is 1. The number of aliphatic hydroxyl groups is 1. The minimum Gasteiger partial charge on any atom is -0.396 e. The van der Waals surface area contributed by atoms with Crippen LogP contribution >= 0.6 is 23.4 Å². The molecule has 0 spiro atoms. The van der Waals surface area contributed by atoms with Crippen LogP contribution in [0.4, 0.5) is 0 Å². The average molecular weight is 259 g/mol. The highest BCUT2D eigenvalue weighted by molar-refractivity contribution is 8.00. The highest BCUT2D eigenvalue weighted by Crippen LogP contribution is 2.20. The summed E-state index contributed by atoms with van der Waals surface area (Å²) >= 11 is 7.47. The molecule has 1 aromatic carbocycles. The predicted octanol–water partition coefficient (Wildman–Crippen LogP) is 3.03. The largest absolute Gasteiger partial charge is 0.396 e. The maximum absolute atomic E-state index is 11.8. The number of hydrogen-bond donors (Lipinski definition) is 1. The van der Waals surface area contributed by atoms with E-state index in [9.17, 15) is 4.79 Å². The summed E-state index contributed by atoms with van der Waals surface area (Å²) in [5, 5.41) is 9.53. The van der Waals surface area contributed by atoms with Crippen molar-refractivity contribution in [1.82, 2.24) is 0 Å². The zero-order chi connectivity index (χ0) is 12.0. The van der Waals surface area contributed by atoms with E-state index in [1.165, 1.54) is 0 Å². The van der Waals surface area contributed by atoms with Crippen LogP contribution in [0.1, 0.15) is 23.7 Å². The van der Waals surface area contributed by atoms with Gasteiger partial charge < -0.3 is 5.11 Å². The van der Waals surface area contributed by atoms with E-state index in [4.69, 9.17) is 16.7 Å². The quantitative estimate of drug-likeness (QED) is 0.797. The maximum atomic E-state index is 11.8. The topological polar surface area (TPSA) is 37.3 Å². The van der Waals surface area contributed by atoms with Crippen molar-refractivity contribution in [2.24, 2.45) is 0 Å². The van der Waals surface area contributed by atoms with Gasteiger partial charge in [-0.15, -0.1) is 0 Å². The van der Waals surface area contributed by atoms with E-state index in [2.05, 4.69) is 0 Å². The molecule has 2 nitrogen and oxygen atoms in total. The van der Waals surface area contributed by atoms with Gasteiger partial charge >= 0.3 is 0 Å². The van der Waals surface area contributed by atoms with Gasteiger partial charge in [0.05, 0.1) is 10.8 Å². The number of Topliss-reactive ketones (excluding diaryl/α,β-unsaturated/α-hetero) is 1. The van der Waals surface area contributed by atoms with E-state index in [0.717, 1.165) is 0 Å². The first-order valence-corrected chi connectivity index (χ1v) is 6.58. The number of halogens is 1. The summed E-state index contributed by atoms with van der Waals surface area (Å²) in [6, 6.07) is 7.07. The van der Waals surface area contributed by atoms with E-state index in [0.29, 0.717) is 22.8 Å². The van der Waals surface area contributed by atoms with Crippen molar-refractivity contribution in [1.29, 1.82) is 0 Å². The standard InChI is InChI=1S/C12H15ClO2S/c1-9(6-7-14)16-8-12(15)10-4-2-3-5-11(10)13/h2-5,9,14H,6-8H2,1H3. The zero-order valence-electron chi connectivity index (χ0n) is 9.15. The van der Waals surface area contributed by atoms with Crippen LogP contribution in [-0.4, -0.2) is 28.5 Å². The first-order valence-electron chi connectivity index (χ1n) is 5.15. The molecule has 1 N–H and O–H groups in total. The van der Waals surface area contributed by atoms with E-state index in [1.807, 2.05) is 6.92 Å². The van der Waals surface area contributed by atoms with Crippen molar-refractivity contribution < 1.29 is 9.90 Å². The molecule has 1 aromatic rings. The fourth-order valence-corrected chi connectivity index (χ4v) is 2.35. The summed E-state index contributed by atoms with van der Waals surface area (Å²) in [6.07, 6.45) is 0.709. The molecule has 4 heteroatoms. The molecule has 0 amide bonds. The molecule has 0 fully saturated rings. The van der Waals surface area contributed by atoms with Crippen LogP contribution in [0.5, 0.6) is 0 Å². The van der Waals surface area contributed by atoms with E-state index >= 15 is 0 Å². The van der Waals surface area contributed by atoms with Gasteiger partial charge in [-0.25, -0.2) is 0 Å². The highest BCUT2D eigenvalue weighted by atomic mass is 35.5. The molecule has 16 heavy (non-hydrogen) atoms. The number of hydrogen-bond acceptors (Lipinski definition) is 3. The second-order valence-electron chi connectivity index (χ2n) is 3.54. The van der Waals surface area contributed by atoms with Gasteiger partial charge in [0.2, 0.25) is 0 Å². The first kappa shape index (κ1) is 13.6. The number of carbonyl (C=O) groups excluding carboxylic acids is 1. The van der Waals surface area contributed by atoms with Crippen LogP contribution in [0.3, 0.4) is 0 Å². The molecule has 1 rings (SSSR count). The van der Waals surface area contributed by atoms with Crippen molar-refractivity contribution in [2.45, 2.75) is 18.6 Å². The Bertz CT molecular complexity index is 355. The molecular weight excluding hydrogens is 244 g/mol. The van der Waals surface area contributed by atoms with Gasteiger partial charge in [0.25, 0.3) is 0 Å². The molecule has 0 radical (unpaired) electrons. The molecule has 1 atom stereocenters. The predicted molar refractivity (Wildman–Crippen MR) is 69.4 cm³/mol. The lowest BCUT2D eigenvalue weighted by Crippen LogP contribution is -2.08. The Labute approximate surface area is 105 Å². The highest BCUT2D eigenvalue weighted by Gasteiger charge is 2.11. The molecule has 0 bridgehead atoms. The Morgan fingerprint density at radius 2 is 2.19 bits per heavy atom. The molecule has 0 aliphatic rings. The molecule has 0 heterocycles. The zero-order valence-corrected chi connectivity index (χ0v) is 10.7. The minimum atomic E-state index is 0.0420. The van der Waals surface area contributed by atoms with Gasteiger partial charge in [-0.2, -0.15) is 11.8 Å². The van der Waals surface area contributed by atoms with E-state index in [1.54, 1.807) is 36.0 Å². The van der Waals surface area contributed by atoms with Crippen molar-refractivity contribution >= 4 is 29.1 Å². The van der Waals surface area contributed by atoms with Crippen molar-refractivity contribution in [3.8, 4) is 0 Å². The summed E-state index contributed by atoms with van der Waals surface area (Å²) in [7, 11) is 0. The number of rotatable bonds is 6. The number of carbonyl (C=O) groups is 1. The molecule has 0 aromatic heterocycles. The van der Waals surface area contributed by atoms with Gasteiger partial charge in [-0.05, 0) is 18.6 Å². The normalized spacial score (nSPS) is 12.4. The minimum absolute atomic E-state index is 0.0420. The fraction of sp³-hybridized carbons (Fsp3) is 0.417. The lowest BCUT2D eigenvalue weighted by atomic mass is 10.1. The molecule has 0 aliphatic carbocycles.